The van der Waals surface area contributed by atoms with E-state index in [1.54, 1.807) is 30.3 Å². The Labute approximate surface area is 158 Å². The Hall–Kier alpha value is -4.27. The Kier molecular flexibility index (Phi) is 5.26. The number of hydrogen-bond acceptors (Lipinski definition) is 6. The third-order valence-corrected chi connectivity index (χ3v) is 3.74. The molecule has 0 bridgehead atoms. The maximum atomic E-state index is 12.3. The second kappa shape index (κ2) is 7.96. The molecule has 1 N–H and O–H groups in total. The Morgan fingerprint density at radius 1 is 0.786 bits per heavy atom. The van der Waals surface area contributed by atoms with Crippen LogP contribution in [0.5, 0.6) is 11.5 Å². The molecule has 3 aromatic rings. The van der Waals surface area contributed by atoms with Gasteiger partial charge in [-0.3, -0.25) is 25.0 Å². The van der Waals surface area contributed by atoms with Crippen molar-refractivity contribution in [2.45, 2.75) is 0 Å². The standard InChI is InChI=1S/C19H13N3O6/c23-19(17-3-1-2-4-18(17)22(26)27)20-13-5-9-15(10-6-13)28-16-11-7-14(8-12-16)21(24)25/h1-12H,(H,20,23). The zero-order chi connectivity index (χ0) is 20.1. The average molecular weight is 379 g/mol. The quantitative estimate of drug-likeness (QED) is 0.495. The normalized spacial score (nSPS) is 10.1. The number of carbonyl (C=O) groups excluding carboxylic acids is 1. The number of ether oxygens (including phenoxy) is 1. The van der Waals surface area contributed by atoms with Crippen molar-refractivity contribution in [1.29, 1.82) is 0 Å². The van der Waals surface area contributed by atoms with Gasteiger partial charge in [-0.05, 0) is 42.5 Å². The van der Waals surface area contributed by atoms with Crippen LogP contribution in [-0.2, 0) is 0 Å². The molecule has 9 heteroatoms. The summed E-state index contributed by atoms with van der Waals surface area (Å²) in [4.78, 5) is 32.9. The lowest BCUT2D eigenvalue weighted by Crippen LogP contribution is -2.13. The molecule has 0 aliphatic heterocycles. The van der Waals surface area contributed by atoms with Gasteiger partial charge in [0.2, 0.25) is 0 Å². The van der Waals surface area contributed by atoms with Crippen LogP contribution in [0, 0.1) is 20.2 Å². The summed E-state index contributed by atoms with van der Waals surface area (Å²) >= 11 is 0. The van der Waals surface area contributed by atoms with Crippen LogP contribution in [0.4, 0.5) is 17.1 Å². The fourth-order valence-corrected chi connectivity index (χ4v) is 2.40. The maximum absolute atomic E-state index is 12.3. The number of carbonyl (C=O) groups is 1. The van der Waals surface area contributed by atoms with Gasteiger partial charge in [0.15, 0.2) is 0 Å². The minimum Gasteiger partial charge on any atom is -0.457 e. The van der Waals surface area contributed by atoms with Crippen LogP contribution in [-0.4, -0.2) is 15.8 Å². The van der Waals surface area contributed by atoms with Crippen molar-refractivity contribution < 1.29 is 19.4 Å². The Balaban J connectivity index is 1.68. The average Bonchev–Trinajstić information content (AvgIpc) is 2.70. The monoisotopic (exact) mass is 379 g/mol. The van der Waals surface area contributed by atoms with Crippen LogP contribution in [0.25, 0.3) is 0 Å². The SMILES string of the molecule is O=C(Nc1ccc(Oc2ccc([N+](=O)[O-])cc2)cc1)c1ccccc1[N+](=O)[O-]. The fraction of sp³-hybridized carbons (Fsp3) is 0. The first-order chi connectivity index (χ1) is 13.4. The lowest BCUT2D eigenvalue weighted by atomic mass is 10.1. The summed E-state index contributed by atoms with van der Waals surface area (Å²) in [5.74, 6) is 0.274. The lowest BCUT2D eigenvalue weighted by Gasteiger charge is -2.08. The van der Waals surface area contributed by atoms with E-state index in [4.69, 9.17) is 4.74 Å². The van der Waals surface area contributed by atoms with Crippen molar-refractivity contribution in [3.63, 3.8) is 0 Å². The first-order valence-corrected chi connectivity index (χ1v) is 8.01. The van der Waals surface area contributed by atoms with Gasteiger partial charge < -0.3 is 10.1 Å². The van der Waals surface area contributed by atoms with Gasteiger partial charge in [-0.1, -0.05) is 12.1 Å². The molecule has 0 saturated carbocycles. The molecule has 28 heavy (non-hydrogen) atoms. The van der Waals surface area contributed by atoms with Crippen LogP contribution in [0.2, 0.25) is 0 Å². The molecule has 9 nitrogen and oxygen atoms in total. The molecular weight excluding hydrogens is 366 g/mol. The molecule has 0 unspecified atom stereocenters. The number of rotatable bonds is 6. The topological polar surface area (TPSA) is 125 Å². The van der Waals surface area contributed by atoms with Gasteiger partial charge in [0.1, 0.15) is 17.1 Å². The minimum absolute atomic E-state index is 0.0413. The predicted octanol–water partition coefficient (Wildman–Crippen LogP) is 4.55. The van der Waals surface area contributed by atoms with Crippen molar-refractivity contribution in [2.24, 2.45) is 0 Å². The van der Waals surface area contributed by atoms with Crippen LogP contribution in [0.1, 0.15) is 10.4 Å². The number of para-hydroxylation sites is 1. The number of non-ortho nitro benzene ring substituents is 1. The van der Waals surface area contributed by atoms with E-state index in [-0.39, 0.29) is 16.9 Å². The minimum atomic E-state index is -0.615. The number of nitro groups is 2. The molecular formula is C19H13N3O6. The van der Waals surface area contributed by atoms with E-state index >= 15 is 0 Å². The van der Waals surface area contributed by atoms with Gasteiger partial charge in [-0.2, -0.15) is 0 Å². The third kappa shape index (κ3) is 4.28. The largest absolute Gasteiger partial charge is 0.457 e. The summed E-state index contributed by atoms with van der Waals surface area (Å²) in [6.07, 6.45) is 0. The van der Waals surface area contributed by atoms with Gasteiger partial charge in [0.25, 0.3) is 17.3 Å². The second-order valence-corrected chi connectivity index (χ2v) is 5.61. The molecule has 0 aliphatic rings. The van der Waals surface area contributed by atoms with E-state index in [9.17, 15) is 25.0 Å². The predicted molar refractivity (Wildman–Crippen MR) is 101 cm³/mol. The molecule has 1 amide bonds. The van der Waals surface area contributed by atoms with E-state index in [0.717, 1.165) is 0 Å². The Morgan fingerprint density at radius 2 is 1.36 bits per heavy atom. The molecule has 0 radical (unpaired) electrons. The third-order valence-electron chi connectivity index (χ3n) is 3.74. The van der Waals surface area contributed by atoms with Crippen molar-refractivity contribution in [2.75, 3.05) is 5.32 Å². The van der Waals surface area contributed by atoms with Gasteiger partial charge >= 0.3 is 0 Å². The second-order valence-electron chi connectivity index (χ2n) is 5.61. The molecule has 0 aliphatic carbocycles. The molecule has 0 aromatic heterocycles. The van der Waals surface area contributed by atoms with Crippen molar-refractivity contribution in [3.05, 3.63) is 98.6 Å². The molecule has 3 aromatic carbocycles. The van der Waals surface area contributed by atoms with E-state index in [1.807, 2.05) is 0 Å². The zero-order valence-corrected chi connectivity index (χ0v) is 14.3. The van der Waals surface area contributed by atoms with Crippen molar-refractivity contribution in [3.8, 4) is 11.5 Å². The first kappa shape index (κ1) is 18.5. The van der Waals surface area contributed by atoms with Crippen molar-refractivity contribution in [1.82, 2.24) is 0 Å². The maximum Gasteiger partial charge on any atom is 0.282 e. The molecule has 3 rings (SSSR count). The zero-order valence-electron chi connectivity index (χ0n) is 14.3. The van der Waals surface area contributed by atoms with E-state index < -0.39 is 15.8 Å². The van der Waals surface area contributed by atoms with Gasteiger partial charge in [0, 0.05) is 23.9 Å². The highest BCUT2D eigenvalue weighted by molar-refractivity contribution is 6.07. The molecule has 140 valence electrons. The van der Waals surface area contributed by atoms with Crippen molar-refractivity contribution >= 4 is 23.0 Å². The molecule has 0 heterocycles. The van der Waals surface area contributed by atoms with Crippen LogP contribution >= 0.6 is 0 Å². The number of nitrogens with one attached hydrogen (secondary N) is 1. The van der Waals surface area contributed by atoms with Gasteiger partial charge in [-0.25, -0.2) is 0 Å². The molecule has 0 fully saturated rings. The molecule has 0 saturated heterocycles. The summed E-state index contributed by atoms with van der Waals surface area (Å²) in [5, 5.41) is 24.3. The van der Waals surface area contributed by atoms with Crippen LogP contribution < -0.4 is 10.1 Å². The number of hydrogen-bond donors (Lipinski definition) is 1. The smallest absolute Gasteiger partial charge is 0.282 e. The first-order valence-electron chi connectivity index (χ1n) is 8.01. The summed E-state index contributed by atoms with van der Waals surface area (Å²) < 4.78 is 5.58. The van der Waals surface area contributed by atoms with E-state index in [2.05, 4.69) is 5.32 Å². The molecule has 0 spiro atoms. The lowest BCUT2D eigenvalue weighted by molar-refractivity contribution is -0.385. The van der Waals surface area contributed by atoms with E-state index in [1.165, 1.54) is 42.5 Å². The Bertz CT molecular complexity index is 1030. The van der Waals surface area contributed by atoms with Gasteiger partial charge in [0.05, 0.1) is 9.85 Å². The molecule has 0 atom stereocenters. The number of benzene rings is 3. The van der Waals surface area contributed by atoms with E-state index in [0.29, 0.717) is 17.2 Å². The van der Waals surface area contributed by atoms with Crippen LogP contribution in [0.3, 0.4) is 0 Å². The Morgan fingerprint density at radius 3 is 1.93 bits per heavy atom. The van der Waals surface area contributed by atoms with Crippen LogP contribution in [0.15, 0.2) is 72.8 Å². The van der Waals surface area contributed by atoms with Gasteiger partial charge in [-0.15, -0.1) is 0 Å². The highest BCUT2D eigenvalue weighted by Gasteiger charge is 2.19. The summed E-state index contributed by atoms with van der Waals surface area (Å²) in [6, 6.07) is 17.6. The number of nitrogens with zero attached hydrogens (tertiary/aromatic N) is 2. The highest BCUT2D eigenvalue weighted by Crippen LogP contribution is 2.25. The number of amides is 1. The number of nitro benzene ring substituents is 2. The fourth-order valence-electron chi connectivity index (χ4n) is 2.40. The summed E-state index contributed by atoms with van der Waals surface area (Å²) in [5.41, 5.74) is 0.0662. The summed E-state index contributed by atoms with van der Waals surface area (Å²) in [7, 11) is 0. The summed E-state index contributed by atoms with van der Waals surface area (Å²) in [6.45, 7) is 0. The highest BCUT2D eigenvalue weighted by atomic mass is 16.6. The number of anilines is 1.